The first-order valence-electron chi connectivity index (χ1n) is 5.90. The van der Waals surface area contributed by atoms with Gasteiger partial charge in [-0.3, -0.25) is 4.79 Å². The Labute approximate surface area is 121 Å². The fraction of sp³-hybridized carbons (Fsp3) is 0.231. The molecule has 20 heavy (non-hydrogen) atoms. The van der Waals surface area contributed by atoms with Crippen LogP contribution in [-0.4, -0.2) is 31.5 Å². The van der Waals surface area contributed by atoms with E-state index in [-0.39, 0.29) is 26.5 Å². The molecule has 104 valence electrons. The van der Waals surface area contributed by atoms with Gasteiger partial charge in [-0.1, -0.05) is 30.0 Å². The van der Waals surface area contributed by atoms with E-state index < -0.39 is 9.84 Å². The van der Waals surface area contributed by atoms with Crippen molar-refractivity contribution in [3.63, 3.8) is 0 Å². The van der Waals surface area contributed by atoms with Crippen molar-refractivity contribution in [2.24, 2.45) is 0 Å². The van der Waals surface area contributed by atoms with Gasteiger partial charge >= 0.3 is 0 Å². The second-order valence-electron chi connectivity index (χ2n) is 3.99. The molecular weight excluding hydrogens is 296 g/mol. The monoisotopic (exact) mass is 308 g/mol. The van der Waals surface area contributed by atoms with E-state index in [0.29, 0.717) is 6.54 Å². The van der Waals surface area contributed by atoms with E-state index in [1.54, 1.807) is 31.2 Å². The number of sulfone groups is 1. The lowest BCUT2D eigenvalue weighted by Gasteiger charge is -2.15. The van der Waals surface area contributed by atoms with Crippen LogP contribution in [0.4, 0.5) is 0 Å². The highest BCUT2D eigenvalue weighted by atomic mass is 32.2. The molecule has 0 spiro atoms. The summed E-state index contributed by atoms with van der Waals surface area (Å²) in [7, 11) is -3.90. The molecule has 1 aromatic rings. The molecule has 5 nitrogen and oxygen atoms in total. The van der Waals surface area contributed by atoms with Crippen LogP contribution in [0, 0.1) is 11.3 Å². The Bertz CT molecular complexity index is 703. The predicted molar refractivity (Wildman–Crippen MR) is 76.1 cm³/mol. The number of allylic oxidation sites excluding steroid dienone is 1. The van der Waals surface area contributed by atoms with Gasteiger partial charge in [-0.15, -0.1) is 0 Å². The first-order chi connectivity index (χ1) is 9.52. The fourth-order valence-electron chi connectivity index (χ4n) is 1.85. The Kier molecular flexibility index (Phi) is 4.16. The van der Waals surface area contributed by atoms with Crippen molar-refractivity contribution < 1.29 is 13.2 Å². The summed E-state index contributed by atoms with van der Waals surface area (Å²) in [6.07, 6.45) is 0. The second kappa shape index (κ2) is 5.69. The van der Waals surface area contributed by atoms with E-state index in [1.165, 1.54) is 17.0 Å². The smallest absolute Gasteiger partial charge is 0.237 e. The summed E-state index contributed by atoms with van der Waals surface area (Å²) in [5.74, 6) is -0.0120. The summed E-state index contributed by atoms with van der Waals surface area (Å²) in [5, 5.41) is 9.47. The highest BCUT2D eigenvalue weighted by molar-refractivity contribution is 8.05. The SMILES string of the molecule is CCN1C(=O)CS/C1=C(\C#N)S(=O)(=O)c1ccccc1. The molecule has 7 heteroatoms. The zero-order chi connectivity index (χ0) is 14.8. The summed E-state index contributed by atoms with van der Waals surface area (Å²) in [5.41, 5.74) is 0. The number of nitrogens with zero attached hydrogens (tertiary/aromatic N) is 2. The van der Waals surface area contributed by atoms with Crippen LogP contribution in [0.15, 0.2) is 45.2 Å². The molecule has 0 bridgehead atoms. The largest absolute Gasteiger partial charge is 0.305 e. The van der Waals surface area contributed by atoms with E-state index in [2.05, 4.69) is 0 Å². The van der Waals surface area contributed by atoms with Crippen molar-refractivity contribution in [2.75, 3.05) is 12.3 Å². The highest BCUT2D eigenvalue weighted by Crippen LogP contribution is 2.35. The number of hydrogen-bond donors (Lipinski definition) is 0. The quantitative estimate of drug-likeness (QED) is 0.795. The summed E-state index contributed by atoms with van der Waals surface area (Å²) in [6, 6.07) is 9.50. The van der Waals surface area contributed by atoms with E-state index in [9.17, 15) is 18.5 Å². The number of carbonyl (C=O) groups is 1. The van der Waals surface area contributed by atoms with E-state index in [1.807, 2.05) is 0 Å². The second-order valence-corrected chi connectivity index (χ2v) is 6.84. The Morgan fingerprint density at radius 1 is 1.40 bits per heavy atom. The molecule has 0 radical (unpaired) electrons. The topological polar surface area (TPSA) is 78.2 Å². The Morgan fingerprint density at radius 3 is 2.60 bits per heavy atom. The lowest BCUT2D eigenvalue weighted by Crippen LogP contribution is -2.25. The summed E-state index contributed by atoms with van der Waals surface area (Å²) >= 11 is 1.09. The van der Waals surface area contributed by atoms with Crippen molar-refractivity contribution in [2.45, 2.75) is 11.8 Å². The van der Waals surface area contributed by atoms with Crippen LogP contribution >= 0.6 is 11.8 Å². The number of amides is 1. The molecular formula is C13H12N2O3S2. The third-order valence-corrected chi connectivity index (χ3v) is 5.75. The van der Waals surface area contributed by atoms with Crippen LogP contribution in [0.3, 0.4) is 0 Å². The maximum Gasteiger partial charge on any atom is 0.237 e. The van der Waals surface area contributed by atoms with Crippen molar-refractivity contribution in [1.82, 2.24) is 4.90 Å². The molecule has 1 aliphatic rings. The van der Waals surface area contributed by atoms with Crippen LogP contribution in [0.5, 0.6) is 0 Å². The van der Waals surface area contributed by atoms with Crippen LogP contribution in [0.25, 0.3) is 0 Å². The lowest BCUT2D eigenvalue weighted by atomic mass is 10.4. The van der Waals surface area contributed by atoms with E-state index >= 15 is 0 Å². The van der Waals surface area contributed by atoms with Crippen molar-refractivity contribution >= 4 is 27.5 Å². The lowest BCUT2D eigenvalue weighted by molar-refractivity contribution is -0.125. The number of thioether (sulfide) groups is 1. The zero-order valence-corrected chi connectivity index (χ0v) is 12.4. The first-order valence-corrected chi connectivity index (χ1v) is 8.37. The molecule has 0 aromatic heterocycles. The highest BCUT2D eigenvalue weighted by Gasteiger charge is 2.34. The van der Waals surface area contributed by atoms with Gasteiger partial charge in [0.2, 0.25) is 15.7 Å². The predicted octanol–water partition coefficient (Wildman–Crippen LogP) is 1.75. The third kappa shape index (κ3) is 2.44. The van der Waals surface area contributed by atoms with Crippen molar-refractivity contribution in [1.29, 1.82) is 5.26 Å². The third-order valence-electron chi connectivity index (χ3n) is 2.81. The van der Waals surface area contributed by atoms with Crippen molar-refractivity contribution in [3.05, 3.63) is 40.3 Å². The van der Waals surface area contributed by atoms with Gasteiger partial charge in [0.05, 0.1) is 10.6 Å². The molecule has 1 saturated heterocycles. The standard InChI is InChI=1S/C13H12N2O3S2/c1-2-15-12(16)9-19-13(15)11(8-14)20(17,18)10-6-4-3-5-7-10/h3-7H,2,9H2,1H3/b13-11+. The Hall–Kier alpha value is -1.78. The van der Waals surface area contributed by atoms with Crippen LogP contribution in [0.1, 0.15) is 6.92 Å². The summed E-state index contributed by atoms with van der Waals surface area (Å²) in [4.78, 5) is 12.7. The van der Waals surface area contributed by atoms with Crippen LogP contribution < -0.4 is 0 Å². The Morgan fingerprint density at radius 2 is 2.05 bits per heavy atom. The normalized spacial score (nSPS) is 18.0. The maximum absolute atomic E-state index is 12.5. The molecule has 0 unspecified atom stereocenters. The van der Waals surface area contributed by atoms with Gasteiger partial charge in [-0.25, -0.2) is 8.42 Å². The number of hydrogen-bond acceptors (Lipinski definition) is 5. The molecule has 0 N–H and O–H groups in total. The minimum Gasteiger partial charge on any atom is -0.305 e. The molecule has 1 aromatic carbocycles. The molecule has 0 saturated carbocycles. The average molecular weight is 308 g/mol. The number of carbonyl (C=O) groups excluding carboxylic acids is 1. The molecule has 1 amide bonds. The molecule has 1 aliphatic heterocycles. The van der Waals surface area contributed by atoms with Crippen LogP contribution in [0.2, 0.25) is 0 Å². The summed E-state index contributed by atoms with van der Waals surface area (Å²) < 4.78 is 25.0. The van der Waals surface area contributed by atoms with E-state index in [0.717, 1.165) is 11.8 Å². The van der Waals surface area contributed by atoms with Gasteiger partial charge in [0.1, 0.15) is 11.1 Å². The summed E-state index contributed by atoms with van der Waals surface area (Å²) in [6.45, 7) is 2.09. The van der Waals surface area contributed by atoms with E-state index in [4.69, 9.17) is 0 Å². The molecule has 2 rings (SSSR count). The number of rotatable bonds is 3. The minimum absolute atomic E-state index is 0.0556. The molecule has 1 heterocycles. The number of benzene rings is 1. The van der Waals surface area contributed by atoms with Gasteiger partial charge in [0.25, 0.3) is 0 Å². The van der Waals surface area contributed by atoms with Crippen LogP contribution in [-0.2, 0) is 14.6 Å². The molecule has 0 aliphatic carbocycles. The van der Waals surface area contributed by atoms with Gasteiger partial charge in [-0.05, 0) is 19.1 Å². The maximum atomic E-state index is 12.5. The van der Waals surface area contributed by atoms with Gasteiger partial charge in [0.15, 0.2) is 4.91 Å². The first kappa shape index (κ1) is 14.6. The van der Waals surface area contributed by atoms with Gasteiger partial charge < -0.3 is 4.90 Å². The van der Waals surface area contributed by atoms with Crippen molar-refractivity contribution in [3.8, 4) is 6.07 Å². The Balaban J connectivity index is 2.60. The zero-order valence-electron chi connectivity index (χ0n) is 10.7. The average Bonchev–Trinajstić information content (AvgIpc) is 2.81. The number of nitriles is 1. The van der Waals surface area contributed by atoms with Gasteiger partial charge in [-0.2, -0.15) is 5.26 Å². The fourth-order valence-corrected chi connectivity index (χ4v) is 4.54. The molecule has 1 fully saturated rings. The van der Waals surface area contributed by atoms with Gasteiger partial charge in [0, 0.05) is 6.54 Å². The minimum atomic E-state index is -3.90. The molecule has 0 atom stereocenters.